The molecule has 2 atom stereocenters. The van der Waals surface area contributed by atoms with E-state index in [1.165, 1.54) is 11.8 Å². The summed E-state index contributed by atoms with van der Waals surface area (Å²) < 4.78 is 4.97. The summed E-state index contributed by atoms with van der Waals surface area (Å²) in [5.41, 5.74) is 7.66. The molecule has 0 radical (unpaired) electrons. The first-order chi connectivity index (χ1) is 17.7. The van der Waals surface area contributed by atoms with Crippen molar-refractivity contribution >= 4 is 41.5 Å². The second-order valence-corrected chi connectivity index (χ2v) is 8.96. The van der Waals surface area contributed by atoms with Gasteiger partial charge in [-0.3, -0.25) is 24.5 Å². The summed E-state index contributed by atoms with van der Waals surface area (Å²) in [4.78, 5) is 59.6. The fourth-order valence-corrected chi connectivity index (χ4v) is 3.99. The van der Waals surface area contributed by atoms with Crippen LogP contribution < -0.4 is 21.7 Å². The van der Waals surface area contributed by atoms with Crippen molar-refractivity contribution in [2.24, 2.45) is 5.73 Å². The Morgan fingerprint density at radius 2 is 1.54 bits per heavy atom. The zero-order valence-electron chi connectivity index (χ0n) is 20.1. The second kappa shape index (κ2) is 16.0. The molecule has 37 heavy (non-hydrogen) atoms. The highest BCUT2D eigenvalue weighted by molar-refractivity contribution is 7.98. The molecule has 198 valence electrons. The van der Waals surface area contributed by atoms with Gasteiger partial charge >= 0.3 is 12.1 Å². The van der Waals surface area contributed by atoms with Gasteiger partial charge in [-0.2, -0.15) is 11.8 Å². The van der Waals surface area contributed by atoms with Gasteiger partial charge in [0, 0.05) is 17.9 Å². The van der Waals surface area contributed by atoms with Gasteiger partial charge in [-0.25, -0.2) is 4.79 Å². The van der Waals surface area contributed by atoms with E-state index in [0.29, 0.717) is 5.75 Å². The smallest absolute Gasteiger partial charge is 0.414 e. The molecule has 12 heteroatoms. The van der Waals surface area contributed by atoms with Crippen molar-refractivity contribution < 1.29 is 33.8 Å². The van der Waals surface area contributed by atoms with Gasteiger partial charge in [0.15, 0.2) is 0 Å². The Kier molecular flexibility index (Phi) is 12.7. The van der Waals surface area contributed by atoms with E-state index in [1.807, 2.05) is 36.4 Å². The van der Waals surface area contributed by atoms with Gasteiger partial charge in [0.1, 0.15) is 19.2 Å². The number of amides is 4. The lowest BCUT2D eigenvalue weighted by atomic mass is 10.1. The van der Waals surface area contributed by atoms with Gasteiger partial charge in [-0.05, 0) is 17.5 Å². The molecule has 11 nitrogen and oxygen atoms in total. The lowest BCUT2D eigenvalue weighted by Crippen LogP contribution is -2.53. The number of rotatable bonds is 14. The highest BCUT2D eigenvalue weighted by atomic mass is 32.2. The fraction of sp³-hybridized carbons (Fsp3) is 0.320. The Morgan fingerprint density at radius 1 is 0.919 bits per heavy atom. The molecule has 0 aromatic heterocycles. The van der Waals surface area contributed by atoms with Crippen LogP contribution in [0.2, 0.25) is 0 Å². The minimum Gasteiger partial charge on any atom is -0.480 e. The molecular weight excluding hydrogens is 500 g/mol. The zero-order chi connectivity index (χ0) is 27.0. The number of carbonyl (C=O) groups excluding carboxylic acids is 4. The van der Waals surface area contributed by atoms with Crippen molar-refractivity contribution in [2.45, 2.75) is 37.3 Å². The number of carbonyl (C=O) groups is 5. The molecule has 4 amide bonds. The maximum atomic E-state index is 12.6. The fourth-order valence-electron chi connectivity index (χ4n) is 2.97. The van der Waals surface area contributed by atoms with Crippen molar-refractivity contribution in [2.75, 3.05) is 12.3 Å². The predicted octanol–water partition coefficient (Wildman–Crippen LogP) is 1.17. The molecule has 2 aromatic carbocycles. The summed E-state index contributed by atoms with van der Waals surface area (Å²) in [6, 6.07) is 16.2. The number of aliphatic carboxylic acids is 1. The van der Waals surface area contributed by atoms with E-state index >= 15 is 0 Å². The van der Waals surface area contributed by atoms with Crippen molar-refractivity contribution in [3.63, 3.8) is 0 Å². The highest BCUT2D eigenvalue weighted by Gasteiger charge is 2.25. The summed E-state index contributed by atoms with van der Waals surface area (Å²) in [6.07, 6.45) is -1.24. The van der Waals surface area contributed by atoms with Crippen LogP contribution in [0.15, 0.2) is 60.7 Å². The van der Waals surface area contributed by atoms with Gasteiger partial charge in [-0.15, -0.1) is 0 Å². The van der Waals surface area contributed by atoms with E-state index < -0.39 is 48.4 Å². The van der Waals surface area contributed by atoms with Crippen LogP contribution in [0.25, 0.3) is 0 Å². The van der Waals surface area contributed by atoms with Crippen LogP contribution >= 0.6 is 11.8 Å². The number of benzene rings is 2. The Labute approximate surface area is 218 Å². The molecule has 0 fully saturated rings. The second-order valence-electron chi connectivity index (χ2n) is 7.93. The summed E-state index contributed by atoms with van der Waals surface area (Å²) in [7, 11) is 0. The van der Waals surface area contributed by atoms with Crippen LogP contribution in [-0.2, 0) is 36.3 Å². The third-order valence-electron chi connectivity index (χ3n) is 4.92. The molecular formula is C25H30N4O7S. The van der Waals surface area contributed by atoms with Crippen LogP contribution in [0.1, 0.15) is 24.0 Å². The maximum Gasteiger partial charge on any atom is 0.414 e. The van der Waals surface area contributed by atoms with Crippen LogP contribution in [0.3, 0.4) is 0 Å². The van der Waals surface area contributed by atoms with Crippen molar-refractivity contribution in [3.8, 4) is 0 Å². The van der Waals surface area contributed by atoms with E-state index in [9.17, 15) is 24.0 Å². The molecule has 6 N–H and O–H groups in total. The van der Waals surface area contributed by atoms with E-state index in [1.54, 1.807) is 24.3 Å². The number of hydrogen-bond donors (Lipinski definition) is 5. The average molecular weight is 531 g/mol. The minimum absolute atomic E-state index is 0.00448. The molecule has 0 heterocycles. The molecule has 0 spiro atoms. The van der Waals surface area contributed by atoms with Crippen LogP contribution in [0, 0.1) is 0 Å². The minimum atomic E-state index is -1.22. The third-order valence-corrected chi connectivity index (χ3v) is 6.02. The molecule has 2 rings (SSSR count). The molecule has 2 aromatic rings. The number of ether oxygens (including phenoxy) is 1. The number of carboxylic acids is 1. The first-order valence-corrected chi connectivity index (χ1v) is 12.6. The SMILES string of the molecule is N[C@H](CCC(=O)NC(=O)OCc1ccccc1)C(=O)N[C@@H](CSCc1ccccc1)C(=O)NCC(=O)O. The molecule has 0 aliphatic heterocycles. The number of alkyl carbamates (subject to hydrolysis) is 1. The summed E-state index contributed by atoms with van der Waals surface area (Å²) in [5.74, 6) is -2.49. The Bertz CT molecular complexity index is 1050. The van der Waals surface area contributed by atoms with Crippen LogP contribution in [0.4, 0.5) is 4.79 Å². The maximum absolute atomic E-state index is 12.6. The van der Waals surface area contributed by atoms with Crippen LogP contribution in [-0.4, -0.2) is 59.3 Å². The molecule has 0 saturated carbocycles. The predicted molar refractivity (Wildman–Crippen MR) is 137 cm³/mol. The Morgan fingerprint density at radius 3 is 2.16 bits per heavy atom. The topological polar surface area (TPSA) is 177 Å². The number of imide groups is 1. The quantitative estimate of drug-likeness (QED) is 0.240. The third kappa shape index (κ3) is 12.1. The number of thioether (sulfide) groups is 1. The van der Waals surface area contributed by atoms with E-state index in [2.05, 4.69) is 16.0 Å². The molecule has 0 unspecified atom stereocenters. The molecule has 0 bridgehead atoms. The molecule has 0 aliphatic rings. The first-order valence-electron chi connectivity index (χ1n) is 11.4. The largest absolute Gasteiger partial charge is 0.480 e. The van der Waals surface area contributed by atoms with E-state index in [0.717, 1.165) is 11.1 Å². The number of nitrogens with one attached hydrogen (secondary N) is 3. The Balaban J connectivity index is 1.79. The summed E-state index contributed by atoms with van der Waals surface area (Å²) >= 11 is 1.38. The van der Waals surface area contributed by atoms with Gasteiger partial charge in [0.05, 0.1) is 6.04 Å². The summed E-state index contributed by atoms with van der Waals surface area (Å²) in [5, 5.41) is 15.6. The monoisotopic (exact) mass is 530 g/mol. The van der Waals surface area contributed by atoms with Crippen molar-refractivity contribution in [3.05, 3.63) is 71.8 Å². The van der Waals surface area contributed by atoms with Gasteiger partial charge in [0.2, 0.25) is 17.7 Å². The van der Waals surface area contributed by atoms with Crippen LogP contribution in [0.5, 0.6) is 0 Å². The molecule has 0 saturated heterocycles. The standard InChI is InChI=1S/C25H30N4O7S/c26-19(11-12-21(30)29-25(35)36-14-17-7-3-1-4-8-17)23(33)28-20(24(34)27-13-22(31)32)16-37-15-18-9-5-2-6-10-18/h1-10,19-20H,11-16,26H2,(H,27,34)(H,28,33)(H,31,32)(H,29,30,35)/t19-,20+/m1/s1. The Hall–Kier alpha value is -3.90. The van der Waals surface area contributed by atoms with Crippen molar-refractivity contribution in [1.29, 1.82) is 0 Å². The molecule has 0 aliphatic carbocycles. The van der Waals surface area contributed by atoms with E-state index in [-0.39, 0.29) is 25.2 Å². The summed E-state index contributed by atoms with van der Waals surface area (Å²) in [6.45, 7) is -0.601. The number of carboxylic acid groups (broad SMARTS) is 1. The zero-order valence-corrected chi connectivity index (χ0v) is 20.9. The normalized spacial score (nSPS) is 12.0. The van der Waals surface area contributed by atoms with Gasteiger partial charge in [-0.1, -0.05) is 60.7 Å². The van der Waals surface area contributed by atoms with Gasteiger partial charge < -0.3 is 26.2 Å². The van der Waals surface area contributed by atoms with Gasteiger partial charge in [0.25, 0.3) is 0 Å². The number of hydrogen-bond acceptors (Lipinski definition) is 8. The lowest BCUT2D eigenvalue weighted by Gasteiger charge is -2.20. The van der Waals surface area contributed by atoms with E-state index in [4.69, 9.17) is 15.6 Å². The van der Waals surface area contributed by atoms with Crippen molar-refractivity contribution in [1.82, 2.24) is 16.0 Å². The lowest BCUT2D eigenvalue weighted by molar-refractivity contribution is -0.138. The highest BCUT2D eigenvalue weighted by Crippen LogP contribution is 2.13. The number of nitrogens with two attached hydrogens (primary N) is 1. The average Bonchev–Trinajstić information content (AvgIpc) is 2.89. The first kappa shape index (κ1) is 29.3.